The molecule has 0 N–H and O–H groups in total. The van der Waals surface area contributed by atoms with Crippen LogP contribution in [0.15, 0.2) is 12.3 Å². The number of ether oxygens (including phenoxy) is 1. The molecular weight excluding hydrogens is 148 g/mol. The molecule has 0 aromatic carbocycles. The quantitative estimate of drug-likeness (QED) is 0.586. The molecule has 0 aromatic rings. The van der Waals surface area contributed by atoms with Crippen LogP contribution < -0.4 is 0 Å². The summed E-state index contributed by atoms with van der Waals surface area (Å²) in [6.45, 7) is 8.27. The summed E-state index contributed by atoms with van der Waals surface area (Å²) >= 11 is 0. The van der Waals surface area contributed by atoms with Gasteiger partial charge in [0.05, 0.1) is 11.9 Å². The van der Waals surface area contributed by atoms with Crippen molar-refractivity contribution in [1.29, 1.82) is 0 Å². The first-order valence-corrected chi connectivity index (χ1v) is 5.06. The SMILES string of the molecule is C=C(CC)OC1CCCC(C)C1. The summed E-state index contributed by atoms with van der Waals surface area (Å²) in [5, 5.41) is 0. The van der Waals surface area contributed by atoms with Crippen LogP contribution in [0.3, 0.4) is 0 Å². The minimum Gasteiger partial charge on any atom is -0.495 e. The molecule has 1 fully saturated rings. The van der Waals surface area contributed by atoms with Gasteiger partial charge in [-0.3, -0.25) is 0 Å². The van der Waals surface area contributed by atoms with Gasteiger partial charge in [0.15, 0.2) is 0 Å². The van der Waals surface area contributed by atoms with E-state index in [0.717, 1.165) is 18.1 Å². The summed E-state index contributed by atoms with van der Waals surface area (Å²) in [6, 6.07) is 0. The van der Waals surface area contributed by atoms with Gasteiger partial charge in [-0.1, -0.05) is 26.8 Å². The van der Waals surface area contributed by atoms with E-state index >= 15 is 0 Å². The fraction of sp³-hybridized carbons (Fsp3) is 0.818. The third-order valence-corrected chi connectivity index (χ3v) is 2.62. The Morgan fingerprint density at radius 2 is 2.25 bits per heavy atom. The largest absolute Gasteiger partial charge is 0.495 e. The van der Waals surface area contributed by atoms with Crippen LogP contribution in [0.2, 0.25) is 0 Å². The van der Waals surface area contributed by atoms with Crippen molar-refractivity contribution in [1.82, 2.24) is 0 Å². The van der Waals surface area contributed by atoms with Crippen LogP contribution in [-0.4, -0.2) is 6.10 Å². The van der Waals surface area contributed by atoms with Gasteiger partial charge in [0.25, 0.3) is 0 Å². The highest BCUT2D eigenvalue weighted by Crippen LogP contribution is 2.27. The van der Waals surface area contributed by atoms with Gasteiger partial charge >= 0.3 is 0 Å². The molecule has 1 nitrogen and oxygen atoms in total. The second-order valence-corrected chi connectivity index (χ2v) is 3.90. The summed E-state index contributed by atoms with van der Waals surface area (Å²) < 4.78 is 5.72. The van der Waals surface area contributed by atoms with Crippen LogP contribution in [0.1, 0.15) is 46.0 Å². The van der Waals surface area contributed by atoms with Gasteiger partial charge in [0.1, 0.15) is 0 Å². The van der Waals surface area contributed by atoms with E-state index in [1.807, 2.05) is 0 Å². The Hall–Kier alpha value is -0.460. The van der Waals surface area contributed by atoms with Crippen molar-refractivity contribution in [3.8, 4) is 0 Å². The van der Waals surface area contributed by atoms with Gasteiger partial charge in [-0.15, -0.1) is 0 Å². The van der Waals surface area contributed by atoms with Crippen molar-refractivity contribution >= 4 is 0 Å². The third-order valence-electron chi connectivity index (χ3n) is 2.62. The van der Waals surface area contributed by atoms with Crippen molar-refractivity contribution in [3.05, 3.63) is 12.3 Å². The Balaban J connectivity index is 2.27. The van der Waals surface area contributed by atoms with Crippen molar-refractivity contribution in [3.63, 3.8) is 0 Å². The first kappa shape index (κ1) is 9.63. The lowest BCUT2D eigenvalue weighted by atomic mass is 9.89. The van der Waals surface area contributed by atoms with E-state index in [2.05, 4.69) is 20.4 Å². The molecule has 1 rings (SSSR count). The van der Waals surface area contributed by atoms with Crippen molar-refractivity contribution < 1.29 is 4.74 Å². The predicted octanol–water partition coefficient (Wildman–Crippen LogP) is 3.51. The average Bonchev–Trinajstić information content (AvgIpc) is 2.04. The molecule has 0 amide bonds. The molecule has 0 aliphatic heterocycles. The zero-order chi connectivity index (χ0) is 8.97. The normalized spacial score (nSPS) is 29.8. The fourth-order valence-electron chi connectivity index (χ4n) is 1.80. The Morgan fingerprint density at radius 1 is 1.50 bits per heavy atom. The summed E-state index contributed by atoms with van der Waals surface area (Å²) in [5.41, 5.74) is 0. The molecule has 1 aliphatic carbocycles. The molecule has 1 aliphatic rings. The summed E-state index contributed by atoms with van der Waals surface area (Å²) in [4.78, 5) is 0. The smallest absolute Gasteiger partial charge is 0.0984 e. The lowest BCUT2D eigenvalue weighted by Gasteiger charge is -2.27. The van der Waals surface area contributed by atoms with Gasteiger partial charge in [0.2, 0.25) is 0 Å². The molecule has 0 spiro atoms. The zero-order valence-electron chi connectivity index (χ0n) is 8.31. The molecule has 0 heterocycles. The molecule has 1 heteroatoms. The van der Waals surface area contributed by atoms with E-state index in [1.54, 1.807) is 0 Å². The molecule has 70 valence electrons. The Bertz CT molecular complexity index is 151. The maximum Gasteiger partial charge on any atom is 0.0984 e. The predicted molar refractivity (Wildman–Crippen MR) is 51.9 cm³/mol. The van der Waals surface area contributed by atoms with E-state index in [-0.39, 0.29) is 0 Å². The fourth-order valence-corrected chi connectivity index (χ4v) is 1.80. The highest BCUT2D eigenvalue weighted by atomic mass is 16.5. The summed E-state index contributed by atoms with van der Waals surface area (Å²) in [7, 11) is 0. The van der Waals surface area contributed by atoms with Crippen LogP contribution in [0, 0.1) is 5.92 Å². The monoisotopic (exact) mass is 168 g/mol. The van der Waals surface area contributed by atoms with Crippen LogP contribution in [0.4, 0.5) is 0 Å². The highest BCUT2D eigenvalue weighted by molar-refractivity contribution is 4.83. The number of hydrogen-bond donors (Lipinski definition) is 0. The van der Waals surface area contributed by atoms with Gasteiger partial charge in [-0.25, -0.2) is 0 Å². The summed E-state index contributed by atoms with van der Waals surface area (Å²) in [5.74, 6) is 1.79. The van der Waals surface area contributed by atoms with Gasteiger partial charge in [0, 0.05) is 6.42 Å². The molecular formula is C11H20O. The van der Waals surface area contributed by atoms with E-state index < -0.39 is 0 Å². The zero-order valence-corrected chi connectivity index (χ0v) is 8.31. The molecule has 1 saturated carbocycles. The average molecular weight is 168 g/mol. The molecule has 0 radical (unpaired) electrons. The van der Waals surface area contributed by atoms with Crippen LogP contribution >= 0.6 is 0 Å². The first-order valence-electron chi connectivity index (χ1n) is 5.06. The third kappa shape index (κ3) is 2.88. The standard InChI is InChI=1S/C11H20O/c1-4-10(3)12-11-7-5-6-9(2)8-11/h9,11H,3-8H2,1-2H3. The van der Waals surface area contributed by atoms with Crippen LogP contribution in [0.25, 0.3) is 0 Å². The van der Waals surface area contributed by atoms with Gasteiger partial charge in [-0.05, 0) is 25.2 Å². The van der Waals surface area contributed by atoms with E-state index in [0.29, 0.717) is 6.10 Å². The Kier molecular flexibility index (Phi) is 3.64. The lowest BCUT2D eigenvalue weighted by Crippen LogP contribution is -2.20. The minimum absolute atomic E-state index is 0.459. The number of rotatable bonds is 3. The first-order chi connectivity index (χ1) is 5.72. The molecule has 0 aromatic heterocycles. The van der Waals surface area contributed by atoms with Gasteiger partial charge < -0.3 is 4.74 Å². The number of allylic oxidation sites excluding steroid dienone is 1. The Labute approximate surface area is 75.8 Å². The molecule has 2 atom stereocenters. The highest BCUT2D eigenvalue weighted by Gasteiger charge is 2.19. The van der Waals surface area contributed by atoms with Crippen molar-refractivity contribution in [2.45, 2.75) is 52.1 Å². The van der Waals surface area contributed by atoms with Crippen LogP contribution in [-0.2, 0) is 4.74 Å². The minimum atomic E-state index is 0.459. The van der Waals surface area contributed by atoms with E-state index in [9.17, 15) is 0 Å². The van der Waals surface area contributed by atoms with Crippen LogP contribution in [0.5, 0.6) is 0 Å². The van der Waals surface area contributed by atoms with E-state index in [1.165, 1.54) is 25.7 Å². The molecule has 0 saturated heterocycles. The summed E-state index contributed by atoms with van der Waals surface area (Å²) in [6.07, 6.45) is 6.55. The number of hydrogen-bond acceptors (Lipinski definition) is 1. The molecule has 2 unspecified atom stereocenters. The molecule has 12 heavy (non-hydrogen) atoms. The molecule has 0 bridgehead atoms. The van der Waals surface area contributed by atoms with Gasteiger partial charge in [-0.2, -0.15) is 0 Å². The van der Waals surface area contributed by atoms with Crippen molar-refractivity contribution in [2.24, 2.45) is 5.92 Å². The second kappa shape index (κ2) is 4.54. The topological polar surface area (TPSA) is 9.23 Å². The second-order valence-electron chi connectivity index (χ2n) is 3.90. The Morgan fingerprint density at radius 3 is 2.83 bits per heavy atom. The van der Waals surface area contributed by atoms with Crippen molar-refractivity contribution in [2.75, 3.05) is 0 Å². The maximum atomic E-state index is 5.72. The lowest BCUT2D eigenvalue weighted by molar-refractivity contribution is 0.0621. The van der Waals surface area contributed by atoms with E-state index in [4.69, 9.17) is 4.74 Å². The maximum absolute atomic E-state index is 5.72.